The van der Waals surface area contributed by atoms with Gasteiger partial charge in [-0.1, -0.05) is 37.2 Å². The summed E-state index contributed by atoms with van der Waals surface area (Å²) in [5.74, 6) is 8.70. The van der Waals surface area contributed by atoms with Crippen molar-refractivity contribution in [3.05, 3.63) is 53.6 Å². The Morgan fingerprint density at radius 1 is 0.870 bits per heavy atom. The van der Waals surface area contributed by atoms with Gasteiger partial charge in [-0.05, 0) is 96.3 Å². The zero-order valence-electron chi connectivity index (χ0n) is 28.7. The van der Waals surface area contributed by atoms with Crippen LogP contribution >= 0.6 is 0 Å². The molecular weight excluding hydrogens is 586 g/mol. The highest BCUT2D eigenvalue weighted by Crippen LogP contribution is 2.30. The lowest BCUT2D eigenvalue weighted by Gasteiger charge is -2.40. The van der Waals surface area contributed by atoms with Gasteiger partial charge in [-0.25, -0.2) is 9.59 Å². The predicted molar refractivity (Wildman–Crippen MR) is 179 cm³/mol. The third kappa shape index (κ3) is 11.5. The number of nitrogens with zero attached hydrogens (tertiary/aromatic N) is 2. The van der Waals surface area contributed by atoms with E-state index in [0.29, 0.717) is 17.9 Å². The maximum absolute atomic E-state index is 13.2. The molecule has 1 N–H and O–H groups in total. The Morgan fingerprint density at radius 3 is 2.07 bits per heavy atom. The van der Waals surface area contributed by atoms with Crippen molar-refractivity contribution in [2.45, 2.75) is 103 Å². The van der Waals surface area contributed by atoms with Gasteiger partial charge in [0.05, 0.1) is 27.4 Å². The molecule has 250 valence electrons. The van der Waals surface area contributed by atoms with E-state index in [0.717, 1.165) is 49.0 Å². The number of carbonyl (C=O) groups excluding carboxylic acids is 2. The molecule has 10 heteroatoms. The van der Waals surface area contributed by atoms with Crippen molar-refractivity contribution in [2.75, 3.05) is 21.3 Å². The fourth-order valence-electron chi connectivity index (χ4n) is 5.14. The molecule has 0 spiro atoms. The number of hydrogen-bond donors (Lipinski definition) is 1. The van der Waals surface area contributed by atoms with Crippen LogP contribution in [0.1, 0.15) is 84.8 Å². The van der Waals surface area contributed by atoms with E-state index < -0.39 is 29.4 Å². The Bertz CT molecular complexity index is 1410. The van der Waals surface area contributed by atoms with Gasteiger partial charge in [0.25, 0.3) is 0 Å². The minimum absolute atomic E-state index is 0.0323. The molecule has 0 aromatic heterocycles. The van der Waals surface area contributed by atoms with Gasteiger partial charge >= 0.3 is 12.2 Å². The highest BCUT2D eigenvalue weighted by molar-refractivity contribution is 5.99. The molecule has 2 aromatic carbocycles. The molecule has 10 nitrogen and oxygen atoms in total. The number of methoxy groups -OCH3 is 3. The molecular formula is C36H49N3O7. The van der Waals surface area contributed by atoms with Gasteiger partial charge in [-0.3, -0.25) is 5.32 Å². The lowest BCUT2D eigenvalue weighted by atomic mass is 9.92. The first-order valence-electron chi connectivity index (χ1n) is 15.7. The minimum Gasteiger partial charge on any atom is -0.497 e. The lowest BCUT2D eigenvalue weighted by Crippen LogP contribution is -2.55. The molecule has 1 fully saturated rings. The van der Waals surface area contributed by atoms with E-state index in [2.05, 4.69) is 22.2 Å². The zero-order chi connectivity index (χ0) is 33.9. The summed E-state index contributed by atoms with van der Waals surface area (Å²) >= 11 is 0. The summed E-state index contributed by atoms with van der Waals surface area (Å²) in [6, 6.07) is 12.6. The van der Waals surface area contributed by atoms with Crippen LogP contribution in [0.25, 0.3) is 0 Å². The second-order valence-corrected chi connectivity index (χ2v) is 13.1. The van der Waals surface area contributed by atoms with E-state index in [1.807, 2.05) is 47.4 Å². The van der Waals surface area contributed by atoms with E-state index in [-0.39, 0.29) is 12.0 Å². The number of amides is 2. The topological polar surface area (TPSA) is 108 Å². The van der Waals surface area contributed by atoms with Crippen LogP contribution in [-0.2, 0) is 15.9 Å². The fourth-order valence-corrected chi connectivity index (χ4v) is 5.14. The lowest BCUT2D eigenvalue weighted by molar-refractivity contribution is 0.0548. The Hall–Kier alpha value is -4.39. The normalized spacial score (nSPS) is 14.7. The van der Waals surface area contributed by atoms with Crippen LogP contribution < -0.4 is 19.5 Å². The molecule has 0 radical (unpaired) electrons. The quantitative estimate of drug-likeness (QED) is 0.195. The monoisotopic (exact) mass is 635 g/mol. The van der Waals surface area contributed by atoms with Crippen LogP contribution in [0.15, 0.2) is 47.5 Å². The third-order valence-corrected chi connectivity index (χ3v) is 7.10. The Balaban J connectivity index is 2.20. The van der Waals surface area contributed by atoms with E-state index in [9.17, 15) is 9.59 Å². The molecule has 1 aliphatic carbocycles. The molecule has 1 saturated carbocycles. The molecule has 0 heterocycles. The van der Waals surface area contributed by atoms with Crippen LogP contribution in [0.5, 0.6) is 17.2 Å². The van der Waals surface area contributed by atoms with Gasteiger partial charge in [0.1, 0.15) is 17.0 Å². The fraction of sp³-hybridized carbons (Fsp3) is 0.528. The minimum atomic E-state index is -0.827. The largest absolute Gasteiger partial charge is 0.497 e. The Morgan fingerprint density at radius 2 is 1.50 bits per heavy atom. The van der Waals surface area contributed by atoms with Gasteiger partial charge in [-0.2, -0.15) is 0 Å². The van der Waals surface area contributed by atoms with Crippen LogP contribution in [-0.4, -0.2) is 67.7 Å². The number of carbonyl (C=O) groups is 2. The van der Waals surface area contributed by atoms with Gasteiger partial charge in [0, 0.05) is 18.0 Å². The van der Waals surface area contributed by atoms with Crippen molar-refractivity contribution in [3.8, 4) is 29.1 Å². The van der Waals surface area contributed by atoms with E-state index >= 15 is 0 Å². The highest BCUT2D eigenvalue weighted by atomic mass is 16.6. The number of ether oxygens (including phenoxy) is 5. The Labute approximate surface area is 273 Å². The Kier molecular flexibility index (Phi) is 12.7. The van der Waals surface area contributed by atoms with Gasteiger partial charge in [0.2, 0.25) is 5.96 Å². The van der Waals surface area contributed by atoms with E-state index in [1.165, 1.54) is 0 Å². The van der Waals surface area contributed by atoms with Gasteiger partial charge in [0.15, 0.2) is 11.5 Å². The summed E-state index contributed by atoms with van der Waals surface area (Å²) in [7, 11) is 4.80. The van der Waals surface area contributed by atoms with Crippen molar-refractivity contribution in [1.29, 1.82) is 0 Å². The first-order chi connectivity index (χ1) is 21.7. The van der Waals surface area contributed by atoms with Crippen LogP contribution in [0.4, 0.5) is 9.59 Å². The summed E-state index contributed by atoms with van der Waals surface area (Å²) in [6.45, 7) is 10.6. The second kappa shape index (κ2) is 16.3. The summed E-state index contributed by atoms with van der Waals surface area (Å²) in [6.07, 6.45) is 3.59. The summed E-state index contributed by atoms with van der Waals surface area (Å²) < 4.78 is 27.5. The molecule has 0 bridgehead atoms. The summed E-state index contributed by atoms with van der Waals surface area (Å²) in [5.41, 5.74) is 0.138. The standard InChI is InChI=1S/C36H49N3O7/c1-35(2,3)45-33(40)37-32(38-34(41)46-36(4,5)6)39(27-13-11-10-12-14-27)28(19-15-25-16-20-29(42-7)21-17-25)23-26-18-22-30(43-8)31(24-26)44-9/h16-18,20-22,24,27-28H,10-14,23H2,1-9H3,(H,37,38,40,41). The average molecular weight is 636 g/mol. The van der Waals surface area contributed by atoms with Crippen molar-refractivity contribution in [3.63, 3.8) is 0 Å². The summed E-state index contributed by atoms with van der Waals surface area (Å²) in [5, 5.41) is 2.79. The summed E-state index contributed by atoms with van der Waals surface area (Å²) in [4.78, 5) is 32.7. The van der Waals surface area contributed by atoms with Crippen LogP contribution in [0.3, 0.4) is 0 Å². The smallest absolute Gasteiger partial charge is 0.437 e. The molecule has 2 aromatic rings. The maximum Gasteiger partial charge on any atom is 0.437 e. The van der Waals surface area contributed by atoms with E-state index in [1.54, 1.807) is 62.9 Å². The van der Waals surface area contributed by atoms with Crippen LogP contribution in [0, 0.1) is 11.8 Å². The number of rotatable bonds is 7. The number of aliphatic imine (C=N–C) groups is 1. The SMILES string of the molecule is COc1ccc(C#CC(Cc2ccc(OC)c(OC)c2)N(/C(=N\C(=O)OC(C)(C)C)NC(=O)OC(C)(C)C)C2CCCCC2)cc1. The first kappa shape index (κ1) is 36.1. The second-order valence-electron chi connectivity index (χ2n) is 13.1. The van der Waals surface area contributed by atoms with E-state index in [4.69, 9.17) is 23.7 Å². The number of guanidine groups is 1. The highest BCUT2D eigenvalue weighted by Gasteiger charge is 2.33. The molecule has 1 atom stereocenters. The first-order valence-corrected chi connectivity index (χ1v) is 15.7. The number of hydrogen-bond acceptors (Lipinski definition) is 7. The number of alkyl carbamates (subject to hydrolysis) is 1. The number of nitrogens with one attached hydrogen (secondary N) is 1. The number of benzene rings is 2. The molecule has 3 rings (SSSR count). The van der Waals surface area contributed by atoms with Crippen molar-refractivity contribution in [2.24, 2.45) is 4.99 Å². The van der Waals surface area contributed by atoms with Gasteiger partial charge in [-0.15, -0.1) is 4.99 Å². The van der Waals surface area contributed by atoms with Crippen LogP contribution in [0.2, 0.25) is 0 Å². The maximum atomic E-state index is 13.2. The van der Waals surface area contributed by atoms with Crippen molar-refractivity contribution in [1.82, 2.24) is 10.2 Å². The average Bonchev–Trinajstić information content (AvgIpc) is 2.98. The zero-order valence-corrected chi connectivity index (χ0v) is 28.7. The van der Waals surface area contributed by atoms with Gasteiger partial charge < -0.3 is 28.6 Å². The molecule has 1 aliphatic rings. The van der Waals surface area contributed by atoms with Crippen molar-refractivity contribution < 1.29 is 33.3 Å². The molecule has 0 aliphatic heterocycles. The molecule has 2 amide bonds. The molecule has 46 heavy (non-hydrogen) atoms. The third-order valence-electron chi connectivity index (χ3n) is 7.10. The molecule has 1 unspecified atom stereocenters. The molecule has 0 saturated heterocycles. The predicted octanol–water partition coefficient (Wildman–Crippen LogP) is 7.13. The van der Waals surface area contributed by atoms with Crippen molar-refractivity contribution >= 4 is 18.1 Å².